The number of nitrogens with one attached hydrogen (secondary N) is 2. The minimum absolute atomic E-state index is 0.0384. The van der Waals surface area contributed by atoms with Crippen LogP contribution in [0.2, 0.25) is 10.0 Å². The van der Waals surface area contributed by atoms with Gasteiger partial charge >= 0.3 is 6.03 Å². The molecule has 0 fully saturated rings. The van der Waals surface area contributed by atoms with Crippen LogP contribution in [0.3, 0.4) is 0 Å². The molecule has 4 nitrogen and oxygen atoms in total. The van der Waals surface area contributed by atoms with Gasteiger partial charge in [0.05, 0.1) is 10.0 Å². The second kappa shape index (κ2) is 7.38. The van der Waals surface area contributed by atoms with E-state index in [-0.39, 0.29) is 12.1 Å². The normalized spacial score (nSPS) is 11.1. The van der Waals surface area contributed by atoms with Crippen LogP contribution in [0.4, 0.5) is 10.5 Å². The third-order valence-electron chi connectivity index (χ3n) is 4.07. The zero-order valence-electron chi connectivity index (χ0n) is 14.0. The first-order valence-corrected chi connectivity index (χ1v) is 8.79. The van der Waals surface area contributed by atoms with Crippen molar-refractivity contribution in [2.75, 3.05) is 5.32 Å². The number of halogens is 2. The van der Waals surface area contributed by atoms with Crippen molar-refractivity contribution < 1.29 is 4.79 Å². The second-order valence-corrected chi connectivity index (χ2v) is 6.95. The molecule has 0 saturated carbocycles. The molecule has 25 heavy (non-hydrogen) atoms. The highest BCUT2D eigenvalue weighted by Crippen LogP contribution is 2.26. The number of carbonyl (C=O) groups is 1. The summed E-state index contributed by atoms with van der Waals surface area (Å²) in [6, 6.07) is 13.0. The maximum Gasteiger partial charge on any atom is 0.322 e. The van der Waals surface area contributed by atoms with Gasteiger partial charge in [0, 0.05) is 35.4 Å². The predicted octanol–water partition coefficient (Wildman–Crippen LogP) is 5.92. The zero-order valence-corrected chi connectivity index (χ0v) is 15.5. The van der Waals surface area contributed by atoms with Crippen molar-refractivity contribution in [3.05, 3.63) is 64.3 Å². The lowest BCUT2D eigenvalue weighted by Crippen LogP contribution is -2.39. The highest BCUT2D eigenvalue weighted by atomic mass is 35.5. The zero-order chi connectivity index (χ0) is 18.0. The summed E-state index contributed by atoms with van der Waals surface area (Å²) in [5.41, 5.74) is 2.75. The van der Waals surface area contributed by atoms with Gasteiger partial charge in [-0.3, -0.25) is 0 Å². The van der Waals surface area contributed by atoms with Crippen LogP contribution in [-0.4, -0.2) is 22.0 Å². The van der Waals surface area contributed by atoms with Crippen molar-refractivity contribution in [2.45, 2.75) is 26.4 Å². The first-order chi connectivity index (χ1) is 12.0. The number of rotatable bonds is 4. The Hall–Kier alpha value is -2.17. The average Bonchev–Trinajstić information content (AvgIpc) is 2.98. The van der Waals surface area contributed by atoms with Gasteiger partial charge < -0.3 is 15.2 Å². The number of H-pyrrole nitrogens is 1. The SMILES string of the molecule is CC(C)N(Cc1c[nH]c2ccccc12)C(=O)Nc1ccc(Cl)c(Cl)c1. The maximum absolute atomic E-state index is 12.7. The molecular formula is C19H19Cl2N3O. The Kier molecular flexibility index (Phi) is 5.21. The first-order valence-electron chi connectivity index (χ1n) is 8.03. The third-order valence-corrected chi connectivity index (χ3v) is 4.81. The van der Waals surface area contributed by atoms with E-state index in [1.54, 1.807) is 23.1 Å². The Morgan fingerprint density at radius 1 is 1.16 bits per heavy atom. The van der Waals surface area contributed by atoms with Crippen molar-refractivity contribution >= 4 is 45.8 Å². The Morgan fingerprint density at radius 3 is 2.64 bits per heavy atom. The fourth-order valence-corrected chi connectivity index (χ4v) is 3.00. The largest absolute Gasteiger partial charge is 0.361 e. The van der Waals surface area contributed by atoms with Crippen LogP contribution in [0.15, 0.2) is 48.7 Å². The average molecular weight is 376 g/mol. The molecule has 3 rings (SSSR count). The number of carbonyl (C=O) groups excluding carboxylic acids is 1. The molecular weight excluding hydrogens is 357 g/mol. The Bertz CT molecular complexity index is 905. The predicted molar refractivity (Wildman–Crippen MR) is 104 cm³/mol. The molecule has 0 aliphatic carbocycles. The lowest BCUT2D eigenvalue weighted by atomic mass is 10.1. The highest BCUT2D eigenvalue weighted by Gasteiger charge is 2.19. The Morgan fingerprint density at radius 2 is 1.92 bits per heavy atom. The Balaban J connectivity index is 1.80. The van der Waals surface area contributed by atoms with Crippen LogP contribution in [0, 0.1) is 0 Å². The van der Waals surface area contributed by atoms with Gasteiger partial charge in [-0.05, 0) is 43.7 Å². The van der Waals surface area contributed by atoms with Gasteiger partial charge in [-0.2, -0.15) is 0 Å². The molecule has 0 atom stereocenters. The number of amides is 2. The van der Waals surface area contributed by atoms with E-state index >= 15 is 0 Å². The number of benzene rings is 2. The van der Waals surface area contributed by atoms with Crippen molar-refractivity contribution in [2.24, 2.45) is 0 Å². The lowest BCUT2D eigenvalue weighted by Gasteiger charge is -2.27. The van der Waals surface area contributed by atoms with Gasteiger partial charge in [0.25, 0.3) is 0 Å². The highest BCUT2D eigenvalue weighted by molar-refractivity contribution is 6.42. The summed E-state index contributed by atoms with van der Waals surface area (Å²) in [7, 11) is 0. The standard InChI is InChI=1S/C19H19Cl2N3O/c1-12(2)24(11-13-10-22-18-6-4-3-5-15(13)18)19(25)23-14-7-8-16(20)17(21)9-14/h3-10,12,22H,11H2,1-2H3,(H,23,25). The van der Waals surface area contributed by atoms with Crippen LogP contribution >= 0.6 is 23.2 Å². The van der Waals surface area contributed by atoms with Gasteiger partial charge in [0.15, 0.2) is 0 Å². The van der Waals surface area contributed by atoms with Crippen LogP contribution in [0.25, 0.3) is 10.9 Å². The number of nitrogens with zero attached hydrogens (tertiary/aromatic N) is 1. The van der Waals surface area contributed by atoms with E-state index in [2.05, 4.69) is 16.4 Å². The number of hydrogen-bond donors (Lipinski definition) is 2. The van der Waals surface area contributed by atoms with E-state index in [0.717, 1.165) is 16.5 Å². The number of fused-ring (bicyclic) bond motifs is 1. The molecule has 0 radical (unpaired) electrons. The molecule has 0 unspecified atom stereocenters. The van der Waals surface area contributed by atoms with Gasteiger partial charge in [-0.15, -0.1) is 0 Å². The summed E-state index contributed by atoms with van der Waals surface area (Å²) in [5.74, 6) is 0. The molecule has 2 N–H and O–H groups in total. The molecule has 2 amide bonds. The first kappa shape index (κ1) is 17.6. The fraction of sp³-hybridized carbons (Fsp3) is 0.211. The van der Waals surface area contributed by atoms with Crippen LogP contribution in [0.5, 0.6) is 0 Å². The summed E-state index contributed by atoms with van der Waals surface area (Å²) in [5, 5.41) is 4.87. The van der Waals surface area contributed by atoms with Gasteiger partial charge in [-0.1, -0.05) is 41.4 Å². The topological polar surface area (TPSA) is 48.1 Å². The summed E-state index contributed by atoms with van der Waals surface area (Å²) >= 11 is 11.9. The number of para-hydroxylation sites is 1. The molecule has 0 aliphatic heterocycles. The minimum Gasteiger partial charge on any atom is -0.361 e. The number of urea groups is 1. The third kappa shape index (κ3) is 3.91. The quantitative estimate of drug-likeness (QED) is 0.584. The fourth-order valence-electron chi connectivity index (χ4n) is 2.70. The van der Waals surface area contributed by atoms with Crippen molar-refractivity contribution in [3.8, 4) is 0 Å². The molecule has 6 heteroatoms. The van der Waals surface area contributed by atoms with E-state index in [4.69, 9.17) is 23.2 Å². The summed E-state index contributed by atoms with van der Waals surface area (Å²) < 4.78 is 0. The van der Waals surface area contributed by atoms with Crippen molar-refractivity contribution in [1.82, 2.24) is 9.88 Å². The van der Waals surface area contributed by atoms with Crippen molar-refractivity contribution in [3.63, 3.8) is 0 Å². The number of hydrogen-bond acceptors (Lipinski definition) is 1. The van der Waals surface area contributed by atoms with E-state index < -0.39 is 0 Å². The van der Waals surface area contributed by atoms with Gasteiger partial charge in [0.2, 0.25) is 0 Å². The number of aromatic amines is 1. The van der Waals surface area contributed by atoms with E-state index in [9.17, 15) is 4.79 Å². The minimum atomic E-state index is -0.182. The van der Waals surface area contributed by atoms with Crippen molar-refractivity contribution in [1.29, 1.82) is 0 Å². The van der Waals surface area contributed by atoms with Gasteiger partial charge in [-0.25, -0.2) is 4.79 Å². The smallest absolute Gasteiger partial charge is 0.322 e. The van der Waals surface area contributed by atoms with Crippen LogP contribution in [0.1, 0.15) is 19.4 Å². The van der Waals surface area contributed by atoms with Gasteiger partial charge in [0.1, 0.15) is 0 Å². The Labute approximate surface area is 156 Å². The molecule has 1 heterocycles. The van der Waals surface area contributed by atoms with E-state index in [1.165, 1.54) is 0 Å². The van der Waals surface area contributed by atoms with Crippen LogP contribution in [-0.2, 0) is 6.54 Å². The molecule has 0 spiro atoms. The molecule has 0 bridgehead atoms. The monoisotopic (exact) mass is 375 g/mol. The summed E-state index contributed by atoms with van der Waals surface area (Å²) in [4.78, 5) is 17.8. The molecule has 3 aromatic rings. The van der Waals surface area contributed by atoms with E-state index in [1.807, 2.05) is 38.2 Å². The second-order valence-electron chi connectivity index (χ2n) is 6.14. The molecule has 0 saturated heterocycles. The summed E-state index contributed by atoms with van der Waals surface area (Å²) in [6.45, 7) is 4.49. The summed E-state index contributed by atoms with van der Waals surface area (Å²) in [6.07, 6.45) is 1.95. The molecule has 0 aliphatic rings. The molecule has 130 valence electrons. The van der Waals surface area contributed by atoms with Crippen LogP contribution < -0.4 is 5.32 Å². The van der Waals surface area contributed by atoms with E-state index in [0.29, 0.717) is 22.3 Å². The molecule has 1 aromatic heterocycles. The molecule has 2 aromatic carbocycles. The maximum atomic E-state index is 12.7. The lowest BCUT2D eigenvalue weighted by molar-refractivity contribution is 0.194. The number of aromatic nitrogens is 1. The number of anilines is 1.